The molecule has 2 unspecified atom stereocenters. The summed E-state index contributed by atoms with van der Waals surface area (Å²) < 4.78 is 0. The average molecular weight is 267 g/mol. The third-order valence-corrected chi connectivity index (χ3v) is 4.58. The zero-order valence-electron chi connectivity index (χ0n) is 10.1. The number of hydrogen-bond donors (Lipinski definition) is 2. The number of aromatic carboxylic acids is 1. The van der Waals surface area contributed by atoms with E-state index in [1.165, 1.54) is 11.8 Å². The predicted octanol–water partition coefficient (Wildman–Crippen LogP) is 2.57. The molecule has 18 heavy (non-hydrogen) atoms. The molecule has 0 saturated heterocycles. The van der Waals surface area contributed by atoms with Crippen molar-refractivity contribution in [3.8, 4) is 0 Å². The van der Waals surface area contributed by atoms with Gasteiger partial charge in [-0.1, -0.05) is 31.0 Å². The number of carboxylic acids is 1. The summed E-state index contributed by atoms with van der Waals surface area (Å²) in [6.07, 6.45) is 6.23. The predicted molar refractivity (Wildman–Crippen MR) is 69.9 cm³/mol. The van der Waals surface area contributed by atoms with E-state index in [1.807, 2.05) is 0 Å². The fraction of sp³-hybridized carbons (Fsp3) is 0.538. The number of aliphatic hydroxyl groups excluding tert-OH is 1. The van der Waals surface area contributed by atoms with Gasteiger partial charge in [-0.05, 0) is 25.0 Å². The van der Waals surface area contributed by atoms with Gasteiger partial charge in [0.2, 0.25) is 0 Å². The Bertz CT molecular complexity index is 424. The van der Waals surface area contributed by atoms with Gasteiger partial charge >= 0.3 is 5.97 Å². The zero-order valence-corrected chi connectivity index (χ0v) is 10.9. The first-order chi connectivity index (χ1) is 8.68. The molecular weight excluding hydrogens is 250 g/mol. The van der Waals surface area contributed by atoms with E-state index in [9.17, 15) is 9.90 Å². The second kappa shape index (κ2) is 6.20. The van der Waals surface area contributed by atoms with E-state index in [4.69, 9.17) is 5.11 Å². The molecule has 4 nitrogen and oxygen atoms in total. The Hall–Kier alpha value is -1.07. The number of hydrogen-bond acceptors (Lipinski definition) is 4. The minimum atomic E-state index is -0.964. The molecule has 0 bridgehead atoms. The third-order valence-electron chi connectivity index (χ3n) is 3.18. The highest BCUT2D eigenvalue weighted by Crippen LogP contribution is 2.33. The number of aliphatic hydroxyl groups is 1. The summed E-state index contributed by atoms with van der Waals surface area (Å²) >= 11 is 1.40. The van der Waals surface area contributed by atoms with Crippen molar-refractivity contribution in [2.24, 2.45) is 0 Å². The number of nitrogens with zero attached hydrogens (tertiary/aromatic N) is 1. The van der Waals surface area contributed by atoms with Gasteiger partial charge in [-0.3, -0.25) is 0 Å². The van der Waals surface area contributed by atoms with Crippen LogP contribution in [0.15, 0.2) is 23.4 Å². The van der Waals surface area contributed by atoms with Crippen LogP contribution in [-0.2, 0) is 0 Å². The van der Waals surface area contributed by atoms with Crippen molar-refractivity contribution in [3.63, 3.8) is 0 Å². The van der Waals surface area contributed by atoms with E-state index in [0.717, 1.165) is 32.1 Å². The van der Waals surface area contributed by atoms with E-state index >= 15 is 0 Å². The van der Waals surface area contributed by atoms with E-state index in [2.05, 4.69) is 4.98 Å². The second-order valence-corrected chi connectivity index (χ2v) is 5.75. The van der Waals surface area contributed by atoms with Crippen molar-refractivity contribution in [2.45, 2.75) is 48.5 Å². The topological polar surface area (TPSA) is 70.4 Å². The Morgan fingerprint density at radius 1 is 1.33 bits per heavy atom. The lowest BCUT2D eigenvalue weighted by Gasteiger charge is -2.19. The lowest BCUT2D eigenvalue weighted by Crippen LogP contribution is -2.21. The molecule has 1 fully saturated rings. The van der Waals surface area contributed by atoms with Crippen LogP contribution in [0.25, 0.3) is 0 Å². The average Bonchev–Trinajstić information content (AvgIpc) is 2.55. The Labute approximate surface area is 110 Å². The summed E-state index contributed by atoms with van der Waals surface area (Å²) in [6.45, 7) is 0. The van der Waals surface area contributed by atoms with Gasteiger partial charge in [-0.15, -0.1) is 0 Å². The maximum Gasteiger partial charge on any atom is 0.338 e. The van der Waals surface area contributed by atoms with Crippen LogP contribution in [-0.4, -0.2) is 32.5 Å². The first-order valence-electron chi connectivity index (χ1n) is 6.21. The molecule has 1 aromatic heterocycles. The van der Waals surface area contributed by atoms with Crippen LogP contribution in [0.3, 0.4) is 0 Å². The number of thioether (sulfide) groups is 1. The van der Waals surface area contributed by atoms with E-state index in [0.29, 0.717) is 5.03 Å². The number of rotatable bonds is 3. The van der Waals surface area contributed by atoms with Gasteiger partial charge in [0.15, 0.2) is 0 Å². The van der Waals surface area contributed by atoms with Crippen LogP contribution in [0.1, 0.15) is 42.5 Å². The van der Waals surface area contributed by atoms with E-state index in [-0.39, 0.29) is 16.9 Å². The van der Waals surface area contributed by atoms with Crippen molar-refractivity contribution < 1.29 is 15.0 Å². The van der Waals surface area contributed by atoms with Crippen LogP contribution in [0, 0.1) is 0 Å². The Kier molecular flexibility index (Phi) is 4.60. The number of carbonyl (C=O) groups is 1. The fourth-order valence-corrected chi connectivity index (χ4v) is 3.45. The van der Waals surface area contributed by atoms with Gasteiger partial charge in [0.1, 0.15) is 5.03 Å². The highest BCUT2D eigenvalue weighted by Gasteiger charge is 2.25. The lowest BCUT2D eigenvalue weighted by atomic mass is 10.1. The maximum atomic E-state index is 11.1. The van der Waals surface area contributed by atoms with Crippen molar-refractivity contribution in [1.82, 2.24) is 4.98 Å². The SMILES string of the molecule is O=C(O)c1cccnc1SC1CCCCCC1O. The highest BCUT2D eigenvalue weighted by atomic mass is 32.2. The second-order valence-electron chi connectivity index (χ2n) is 4.52. The molecule has 2 rings (SSSR count). The quantitative estimate of drug-likeness (QED) is 0.824. The van der Waals surface area contributed by atoms with Crippen molar-refractivity contribution in [1.29, 1.82) is 0 Å². The molecule has 2 atom stereocenters. The summed E-state index contributed by atoms with van der Waals surface area (Å²) in [5, 5.41) is 19.7. The standard InChI is InChI=1S/C13H17NO3S/c15-10-6-2-1-3-7-11(10)18-12-9(13(16)17)5-4-8-14-12/h4-5,8,10-11,15H,1-3,6-7H2,(H,16,17). The monoisotopic (exact) mass is 267 g/mol. The molecule has 0 radical (unpaired) electrons. The number of carboxylic acid groups (broad SMARTS) is 1. The maximum absolute atomic E-state index is 11.1. The summed E-state index contributed by atoms with van der Waals surface area (Å²) in [4.78, 5) is 15.2. The Morgan fingerprint density at radius 3 is 2.89 bits per heavy atom. The molecule has 0 amide bonds. The van der Waals surface area contributed by atoms with E-state index < -0.39 is 5.97 Å². The van der Waals surface area contributed by atoms with Crippen LogP contribution < -0.4 is 0 Å². The van der Waals surface area contributed by atoms with Gasteiger partial charge in [0, 0.05) is 11.4 Å². The molecule has 1 heterocycles. The molecule has 98 valence electrons. The fourth-order valence-electron chi connectivity index (χ4n) is 2.18. The third kappa shape index (κ3) is 3.23. The zero-order chi connectivity index (χ0) is 13.0. The van der Waals surface area contributed by atoms with Crippen molar-refractivity contribution in [2.75, 3.05) is 0 Å². The molecule has 5 heteroatoms. The van der Waals surface area contributed by atoms with Gasteiger partial charge in [-0.2, -0.15) is 0 Å². The van der Waals surface area contributed by atoms with Crippen LogP contribution in [0.4, 0.5) is 0 Å². The largest absolute Gasteiger partial charge is 0.478 e. The molecule has 0 aliphatic heterocycles. The lowest BCUT2D eigenvalue weighted by molar-refractivity contribution is 0.0692. The molecule has 1 aliphatic carbocycles. The summed E-state index contributed by atoms with van der Waals surface area (Å²) in [5.41, 5.74) is 0.221. The minimum Gasteiger partial charge on any atom is -0.478 e. The van der Waals surface area contributed by atoms with Gasteiger partial charge in [0.25, 0.3) is 0 Å². The highest BCUT2D eigenvalue weighted by molar-refractivity contribution is 8.00. The molecule has 0 spiro atoms. The van der Waals surface area contributed by atoms with Crippen LogP contribution >= 0.6 is 11.8 Å². The summed E-state index contributed by atoms with van der Waals surface area (Å²) in [5.74, 6) is -0.964. The molecule has 1 aromatic rings. The van der Waals surface area contributed by atoms with Crippen molar-refractivity contribution >= 4 is 17.7 Å². The first kappa shape index (κ1) is 13.4. The number of pyridine rings is 1. The van der Waals surface area contributed by atoms with Crippen molar-refractivity contribution in [3.05, 3.63) is 23.9 Å². The molecule has 1 aliphatic rings. The first-order valence-corrected chi connectivity index (χ1v) is 7.09. The van der Waals surface area contributed by atoms with Gasteiger partial charge in [0.05, 0.1) is 11.7 Å². The van der Waals surface area contributed by atoms with Gasteiger partial charge < -0.3 is 10.2 Å². The molecule has 0 aromatic carbocycles. The summed E-state index contributed by atoms with van der Waals surface area (Å²) in [6, 6.07) is 3.18. The van der Waals surface area contributed by atoms with Crippen LogP contribution in [0.2, 0.25) is 0 Å². The summed E-state index contributed by atoms with van der Waals surface area (Å²) in [7, 11) is 0. The smallest absolute Gasteiger partial charge is 0.338 e. The Morgan fingerprint density at radius 2 is 2.11 bits per heavy atom. The Balaban J connectivity index is 2.14. The molecule has 2 N–H and O–H groups in total. The molecular formula is C13H17NO3S. The number of aromatic nitrogens is 1. The van der Waals surface area contributed by atoms with E-state index in [1.54, 1.807) is 18.3 Å². The van der Waals surface area contributed by atoms with Gasteiger partial charge in [-0.25, -0.2) is 9.78 Å². The molecule has 1 saturated carbocycles. The normalized spacial score (nSPS) is 24.5. The van der Waals surface area contributed by atoms with Crippen LogP contribution in [0.5, 0.6) is 0 Å². The minimum absolute atomic E-state index is 0.0560.